The number of nitrogens with zero attached hydrogens (tertiary/aromatic N) is 1. The third-order valence-corrected chi connectivity index (χ3v) is 3.97. The van der Waals surface area contributed by atoms with Gasteiger partial charge in [0.25, 0.3) is 0 Å². The molecule has 0 saturated carbocycles. The lowest BCUT2D eigenvalue weighted by Gasteiger charge is -2.26. The first-order valence-electron chi connectivity index (χ1n) is 9.12. The second-order valence-electron chi connectivity index (χ2n) is 7.40. The van der Waals surface area contributed by atoms with Crippen LogP contribution in [0.15, 0.2) is 30.0 Å². The molecule has 9 nitrogen and oxygen atoms in total. The summed E-state index contributed by atoms with van der Waals surface area (Å²) in [6.45, 7) is 6.90. The van der Waals surface area contributed by atoms with E-state index in [9.17, 15) is 14.4 Å². The fraction of sp³-hybridized carbons (Fsp3) is 0.450. The zero-order chi connectivity index (χ0) is 21.6. The SMILES string of the molecule is COC(=O)/C=C(/Nc1ccc2c(c1)NCCN(C(=O)OC(C)(C)C)C2)C(=O)OC. The van der Waals surface area contributed by atoms with Crippen molar-refractivity contribution in [3.63, 3.8) is 0 Å². The monoisotopic (exact) mass is 405 g/mol. The molecule has 0 radical (unpaired) electrons. The lowest BCUT2D eigenvalue weighted by Crippen LogP contribution is -2.37. The average Bonchev–Trinajstić information content (AvgIpc) is 2.87. The largest absolute Gasteiger partial charge is 0.466 e. The zero-order valence-corrected chi connectivity index (χ0v) is 17.3. The molecule has 1 aromatic carbocycles. The summed E-state index contributed by atoms with van der Waals surface area (Å²) in [5.41, 5.74) is 1.66. The molecule has 0 fully saturated rings. The second kappa shape index (κ2) is 9.31. The molecule has 0 spiro atoms. The van der Waals surface area contributed by atoms with Crippen LogP contribution in [0, 0.1) is 0 Å². The molecule has 2 rings (SSSR count). The summed E-state index contributed by atoms with van der Waals surface area (Å²) in [5.74, 6) is -1.38. The molecule has 1 aliphatic heterocycles. The topological polar surface area (TPSA) is 106 Å². The van der Waals surface area contributed by atoms with Crippen LogP contribution in [0.5, 0.6) is 0 Å². The van der Waals surface area contributed by atoms with Gasteiger partial charge in [0.2, 0.25) is 0 Å². The van der Waals surface area contributed by atoms with Gasteiger partial charge in [0.15, 0.2) is 0 Å². The lowest BCUT2D eigenvalue weighted by atomic mass is 10.1. The van der Waals surface area contributed by atoms with Gasteiger partial charge in [0.05, 0.1) is 26.8 Å². The van der Waals surface area contributed by atoms with E-state index in [0.717, 1.165) is 17.3 Å². The summed E-state index contributed by atoms with van der Waals surface area (Å²) in [4.78, 5) is 37.4. The number of nitrogens with one attached hydrogen (secondary N) is 2. The van der Waals surface area contributed by atoms with Gasteiger partial charge < -0.3 is 29.7 Å². The van der Waals surface area contributed by atoms with E-state index in [0.29, 0.717) is 25.3 Å². The number of fused-ring (bicyclic) bond motifs is 1. The predicted molar refractivity (Wildman–Crippen MR) is 107 cm³/mol. The molecule has 1 heterocycles. The predicted octanol–water partition coefficient (Wildman–Crippen LogP) is 2.49. The van der Waals surface area contributed by atoms with Crippen molar-refractivity contribution in [3.8, 4) is 0 Å². The summed E-state index contributed by atoms with van der Waals surface area (Å²) >= 11 is 0. The van der Waals surface area contributed by atoms with Gasteiger partial charge in [-0.15, -0.1) is 0 Å². The van der Waals surface area contributed by atoms with Crippen LogP contribution >= 0.6 is 0 Å². The number of hydrogen-bond acceptors (Lipinski definition) is 8. The molecular weight excluding hydrogens is 378 g/mol. The highest BCUT2D eigenvalue weighted by Crippen LogP contribution is 2.26. The quantitative estimate of drug-likeness (QED) is 0.447. The summed E-state index contributed by atoms with van der Waals surface area (Å²) in [6.07, 6.45) is 0.651. The Morgan fingerprint density at radius 3 is 2.52 bits per heavy atom. The third kappa shape index (κ3) is 6.41. The number of carbonyl (C=O) groups excluding carboxylic acids is 3. The van der Waals surface area contributed by atoms with E-state index in [-0.39, 0.29) is 11.8 Å². The van der Waals surface area contributed by atoms with Crippen LogP contribution in [-0.2, 0) is 30.3 Å². The zero-order valence-electron chi connectivity index (χ0n) is 17.3. The van der Waals surface area contributed by atoms with Crippen molar-refractivity contribution in [2.45, 2.75) is 32.9 Å². The molecule has 0 bridgehead atoms. The number of carbonyl (C=O) groups is 3. The number of rotatable bonds is 4. The maximum Gasteiger partial charge on any atom is 0.410 e. The van der Waals surface area contributed by atoms with Crippen molar-refractivity contribution in [1.82, 2.24) is 4.90 Å². The summed E-state index contributed by atoms with van der Waals surface area (Å²) in [7, 11) is 2.44. The van der Waals surface area contributed by atoms with E-state index in [1.54, 1.807) is 17.0 Å². The van der Waals surface area contributed by atoms with Gasteiger partial charge in [-0.1, -0.05) is 6.07 Å². The molecule has 0 aliphatic carbocycles. The minimum absolute atomic E-state index is 0.0525. The number of methoxy groups -OCH3 is 2. The van der Waals surface area contributed by atoms with Crippen LogP contribution in [0.3, 0.4) is 0 Å². The van der Waals surface area contributed by atoms with Crippen LogP contribution in [0.4, 0.5) is 16.2 Å². The Morgan fingerprint density at radius 1 is 1.17 bits per heavy atom. The van der Waals surface area contributed by atoms with E-state index < -0.39 is 17.5 Å². The van der Waals surface area contributed by atoms with Crippen molar-refractivity contribution >= 4 is 29.4 Å². The van der Waals surface area contributed by atoms with Gasteiger partial charge >= 0.3 is 18.0 Å². The molecule has 0 unspecified atom stereocenters. The van der Waals surface area contributed by atoms with Gasteiger partial charge in [-0.3, -0.25) is 0 Å². The highest BCUT2D eigenvalue weighted by Gasteiger charge is 2.24. The van der Waals surface area contributed by atoms with E-state index in [1.165, 1.54) is 14.2 Å². The van der Waals surface area contributed by atoms with Crippen molar-refractivity contribution in [2.75, 3.05) is 37.9 Å². The lowest BCUT2D eigenvalue weighted by molar-refractivity contribution is -0.138. The number of benzene rings is 1. The molecular formula is C20H27N3O6. The Kier molecular flexibility index (Phi) is 7.08. The molecule has 1 aliphatic rings. The normalized spacial score (nSPS) is 14.1. The molecule has 2 N–H and O–H groups in total. The highest BCUT2D eigenvalue weighted by atomic mass is 16.6. The Bertz CT molecular complexity index is 813. The van der Waals surface area contributed by atoms with Crippen LogP contribution < -0.4 is 10.6 Å². The minimum Gasteiger partial charge on any atom is -0.466 e. The summed E-state index contributed by atoms with van der Waals surface area (Å²) in [6, 6.07) is 5.37. The van der Waals surface area contributed by atoms with Crippen LogP contribution in [0.2, 0.25) is 0 Å². The van der Waals surface area contributed by atoms with E-state index in [4.69, 9.17) is 9.47 Å². The van der Waals surface area contributed by atoms with E-state index >= 15 is 0 Å². The smallest absolute Gasteiger partial charge is 0.410 e. The van der Waals surface area contributed by atoms with Crippen LogP contribution in [-0.4, -0.2) is 55.8 Å². The summed E-state index contributed by atoms with van der Waals surface area (Å²) in [5, 5.41) is 6.14. The fourth-order valence-electron chi connectivity index (χ4n) is 2.64. The number of ether oxygens (including phenoxy) is 3. The Morgan fingerprint density at radius 2 is 1.90 bits per heavy atom. The molecule has 1 amide bonds. The minimum atomic E-state index is -0.700. The molecule has 9 heteroatoms. The van der Waals surface area contributed by atoms with Gasteiger partial charge in [0, 0.05) is 24.5 Å². The van der Waals surface area contributed by atoms with Gasteiger partial charge in [0.1, 0.15) is 11.3 Å². The number of hydrogen-bond donors (Lipinski definition) is 2. The first-order chi connectivity index (χ1) is 13.6. The van der Waals surface area contributed by atoms with Crippen molar-refractivity contribution < 1.29 is 28.6 Å². The Balaban J connectivity index is 2.20. The molecule has 0 saturated heterocycles. The summed E-state index contributed by atoms with van der Waals surface area (Å²) < 4.78 is 14.7. The Hall–Kier alpha value is -3.23. The third-order valence-electron chi connectivity index (χ3n) is 3.97. The maximum atomic E-state index is 12.4. The van der Waals surface area contributed by atoms with Crippen molar-refractivity contribution in [2.24, 2.45) is 0 Å². The van der Waals surface area contributed by atoms with E-state index in [2.05, 4.69) is 15.4 Å². The first kappa shape index (κ1) is 22.1. The number of anilines is 2. The van der Waals surface area contributed by atoms with Gasteiger partial charge in [-0.25, -0.2) is 14.4 Å². The first-order valence-corrected chi connectivity index (χ1v) is 9.12. The number of esters is 2. The standard InChI is InChI=1S/C20H27N3O6/c1-20(2,3)29-19(26)23-9-8-21-15-10-14(7-6-13(15)12-23)22-16(18(25)28-5)11-17(24)27-4/h6-7,10-11,21-22H,8-9,12H2,1-5H3/b16-11+. The molecule has 1 aromatic rings. The molecule has 0 aromatic heterocycles. The van der Waals surface area contributed by atoms with E-state index in [1.807, 2.05) is 26.8 Å². The average molecular weight is 405 g/mol. The van der Waals surface area contributed by atoms with Crippen molar-refractivity contribution in [3.05, 3.63) is 35.5 Å². The second-order valence-corrected chi connectivity index (χ2v) is 7.40. The van der Waals surface area contributed by atoms with Gasteiger partial charge in [-0.2, -0.15) is 0 Å². The molecule has 0 atom stereocenters. The fourth-order valence-corrected chi connectivity index (χ4v) is 2.64. The van der Waals surface area contributed by atoms with Gasteiger partial charge in [-0.05, 0) is 38.5 Å². The van der Waals surface area contributed by atoms with Crippen LogP contribution in [0.1, 0.15) is 26.3 Å². The van der Waals surface area contributed by atoms with Crippen molar-refractivity contribution in [1.29, 1.82) is 0 Å². The van der Waals surface area contributed by atoms with Crippen LogP contribution in [0.25, 0.3) is 0 Å². The molecule has 158 valence electrons. The number of amides is 1. The maximum absolute atomic E-state index is 12.4. The Labute approximate surface area is 170 Å². The molecule has 29 heavy (non-hydrogen) atoms. The highest BCUT2D eigenvalue weighted by molar-refractivity contribution is 5.98.